The number of anilines is 1. The molecule has 2 aromatic heterocycles. The molecule has 6 rings (SSSR count). The molecule has 1 saturated heterocycles. The number of aromatic nitrogens is 3. The zero-order chi connectivity index (χ0) is 25.6. The number of carbonyl (C=O) groups excluding carboxylic acids is 1. The van der Waals surface area contributed by atoms with Crippen LogP contribution in [0.5, 0.6) is 0 Å². The van der Waals surface area contributed by atoms with Gasteiger partial charge in [0.05, 0.1) is 16.5 Å². The minimum atomic E-state index is -0.220. The second-order valence-electron chi connectivity index (χ2n) is 11.6. The van der Waals surface area contributed by atoms with Gasteiger partial charge in [-0.2, -0.15) is 0 Å². The van der Waals surface area contributed by atoms with Gasteiger partial charge in [-0.1, -0.05) is 32.1 Å². The molecule has 1 amide bonds. The average molecular weight is 497 g/mol. The fourth-order valence-corrected chi connectivity index (χ4v) is 6.27. The fourth-order valence-electron chi connectivity index (χ4n) is 6.27. The van der Waals surface area contributed by atoms with Gasteiger partial charge in [0.15, 0.2) is 5.65 Å². The van der Waals surface area contributed by atoms with Crippen LogP contribution in [0.1, 0.15) is 56.8 Å². The summed E-state index contributed by atoms with van der Waals surface area (Å²) in [5.74, 6) is 7.72. The summed E-state index contributed by atoms with van der Waals surface area (Å²) in [5, 5.41) is 6.81. The number of rotatable bonds is 7. The van der Waals surface area contributed by atoms with Gasteiger partial charge in [-0.3, -0.25) is 4.79 Å². The number of aromatic amines is 1. The maximum atomic E-state index is 13.4. The van der Waals surface area contributed by atoms with E-state index < -0.39 is 0 Å². The fraction of sp³-hybridized carbons (Fsp3) is 0.500. The van der Waals surface area contributed by atoms with Crippen LogP contribution in [0.4, 0.5) is 5.69 Å². The van der Waals surface area contributed by atoms with Gasteiger partial charge in [-0.05, 0) is 75.0 Å². The van der Waals surface area contributed by atoms with Crippen LogP contribution in [-0.4, -0.2) is 58.0 Å². The molecule has 3 aliphatic rings. The molecule has 7 heteroatoms. The Morgan fingerprint density at radius 3 is 2.62 bits per heavy atom. The van der Waals surface area contributed by atoms with E-state index in [-0.39, 0.29) is 22.8 Å². The smallest absolute Gasteiger partial charge is 0.253 e. The molecule has 3 unspecified atom stereocenters. The van der Waals surface area contributed by atoms with Crippen molar-refractivity contribution < 1.29 is 4.79 Å². The van der Waals surface area contributed by atoms with Crippen molar-refractivity contribution in [2.45, 2.75) is 52.5 Å². The van der Waals surface area contributed by atoms with E-state index in [1.807, 2.05) is 0 Å². The maximum Gasteiger partial charge on any atom is 0.253 e. The number of nitrogens with zero attached hydrogens (tertiary/aromatic N) is 3. The lowest BCUT2D eigenvalue weighted by molar-refractivity contribution is 0.0893. The van der Waals surface area contributed by atoms with Crippen LogP contribution in [0.3, 0.4) is 0 Å². The van der Waals surface area contributed by atoms with Crippen molar-refractivity contribution in [3.05, 3.63) is 42.1 Å². The molecule has 192 valence electrons. The lowest BCUT2D eigenvalue weighted by atomic mass is 9.69. The SMILES string of the molecule is CC1(C)C2C#CC1(C)C(NC(=O)c1ccnc3nc(-c4ccc(NCCN5CCCCC5)cc4)[nH]c13)C2. The summed E-state index contributed by atoms with van der Waals surface area (Å²) < 4.78 is 0. The number of benzene rings is 1. The Labute approximate surface area is 218 Å². The molecule has 37 heavy (non-hydrogen) atoms. The van der Waals surface area contributed by atoms with Crippen molar-refractivity contribution >= 4 is 22.8 Å². The molecule has 2 fully saturated rings. The van der Waals surface area contributed by atoms with Gasteiger partial charge in [0.25, 0.3) is 5.91 Å². The summed E-state index contributed by atoms with van der Waals surface area (Å²) >= 11 is 0. The summed E-state index contributed by atoms with van der Waals surface area (Å²) in [6.45, 7) is 11.1. The zero-order valence-electron chi connectivity index (χ0n) is 22.0. The predicted molar refractivity (Wildman–Crippen MR) is 147 cm³/mol. The first-order chi connectivity index (χ1) is 17.8. The molecule has 2 bridgehead atoms. The normalized spacial score (nSPS) is 26.1. The molecule has 0 spiro atoms. The van der Waals surface area contributed by atoms with Crippen LogP contribution < -0.4 is 10.6 Å². The predicted octanol–water partition coefficient (Wildman–Crippen LogP) is 4.69. The van der Waals surface area contributed by atoms with Gasteiger partial charge < -0.3 is 20.5 Å². The minimum absolute atomic E-state index is 0.0295. The third kappa shape index (κ3) is 4.18. The minimum Gasteiger partial charge on any atom is -0.384 e. The van der Waals surface area contributed by atoms with Crippen LogP contribution >= 0.6 is 0 Å². The van der Waals surface area contributed by atoms with Crippen molar-refractivity contribution in [3.63, 3.8) is 0 Å². The lowest BCUT2D eigenvalue weighted by Crippen LogP contribution is -2.46. The van der Waals surface area contributed by atoms with E-state index >= 15 is 0 Å². The number of H-pyrrole nitrogens is 1. The van der Waals surface area contributed by atoms with Crippen LogP contribution in [-0.2, 0) is 0 Å². The molecule has 7 nitrogen and oxygen atoms in total. The first-order valence-electron chi connectivity index (χ1n) is 13.6. The number of imidazole rings is 1. The second kappa shape index (κ2) is 9.18. The largest absolute Gasteiger partial charge is 0.384 e. The highest BCUT2D eigenvalue weighted by Gasteiger charge is 2.59. The van der Waals surface area contributed by atoms with Gasteiger partial charge in [0.1, 0.15) is 5.82 Å². The molecule has 0 radical (unpaired) electrons. The Bertz CT molecular complexity index is 1370. The number of amides is 1. The molecule has 3 aromatic rings. The maximum absolute atomic E-state index is 13.4. The lowest BCUT2D eigenvalue weighted by Gasteiger charge is -2.36. The number of hydrogen-bond donors (Lipinski definition) is 3. The Morgan fingerprint density at radius 1 is 1.14 bits per heavy atom. The summed E-state index contributed by atoms with van der Waals surface area (Å²) in [6, 6.07) is 10.1. The Kier molecular flexibility index (Phi) is 5.95. The number of piperidine rings is 1. The molecule has 1 saturated carbocycles. The van der Waals surface area contributed by atoms with Gasteiger partial charge in [-0.25, -0.2) is 9.97 Å². The van der Waals surface area contributed by atoms with Crippen molar-refractivity contribution in [2.24, 2.45) is 16.7 Å². The quantitative estimate of drug-likeness (QED) is 0.413. The van der Waals surface area contributed by atoms with Crippen LogP contribution in [0.15, 0.2) is 36.5 Å². The van der Waals surface area contributed by atoms with Gasteiger partial charge >= 0.3 is 0 Å². The van der Waals surface area contributed by atoms with Gasteiger partial charge in [-0.15, -0.1) is 0 Å². The standard InChI is InChI=1S/C30H36N6O/c1-29(2)21-11-13-30(29,3)24(19-21)33-28(37)23-12-14-32-27-25(23)34-26(35-27)20-7-9-22(10-8-20)31-15-18-36-16-5-4-6-17-36/h7-10,12,14,21,24,31H,4-6,15-19H2,1-3H3,(H,33,37)(H,32,34,35). The van der Waals surface area contributed by atoms with E-state index in [4.69, 9.17) is 0 Å². The van der Waals surface area contributed by atoms with Crippen LogP contribution in [0.25, 0.3) is 22.6 Å². The third-order valence-electron chi connectivity index (χ3n) is 9.19. The van der Waals surface area contributed by atoms with Crippen LogP contribution in [0, 0.1) is 28.6 Å². The number of likely N-dealkylation sites (tertiary alicyclic amines) is 1. The first kappa shape index (κ1) is 24.0. The number of carbonyl (C=O) groups is 1. The molecular weight excluding hydrogens is 460 g/mol. The highest BCUT2D eigenvalue weighted by atomic mass is 16.1. The zero-order valence-corrected chi connectivity index (χ0v) is 22.0. The van der Waals surface area contributed by atoms with Crippen molar-refractivity contribution in [1.82, 2.24) is 25.2 Å². The molecule has 1 aromatic carbocycles. The van der Waals surface area contributed by atoms with E-state index in [2.05, 4.69) is 87.4 Å². The van der Waals surface area contributed by atoms with E-state index in [0.717, 1.165) is 30.8 Å². The van der Waals surface area contributed by atoms with Crippen molar-refractivity contribution in [1.29, 1.82) is 0 Å². The van der Waals surface area contributed by atoms with Crippen molar-refractivity contribution in [3.8, 4) is 23.2 Å². The van der Waals surface area contributed by atoms with E-state index in [1.54, 1.807) is 12.3 Å². The number of fused-ring (bicyclic) bond motifs is 3. The summed E-state index contributed by atoms with van der Waals surface area (Å²) in [5.41, 5.74) is 3.65. The van der Waals surface area contributed by atoms with Crippen molar-refractivity contribution in [2.75, 3.05) is 31.5 Å². The second-order valence-corrected chi connectivity index (χ2v) is 11.6. The Hall–Kier alpha value is -3.37. The van der Waals surface area contributed by atoms with E-state index in [0.29, 0.717) is 28.5 Å². The summed E-state index contributed by atoms with van der Waals surface area (Å²) in [6.07, 6.45) is 6.55. The average Bonchev–Trinajstić information content (AvgIpc) is 3.49. The van der Waals surface area contributed by atoms with E-state index in [1.165, 1.54) is 32.4 Å². The third-order valence-corrected chi connectivity index (χ3v) is 9.19. The molecule has 3 N–H and O–H groups in total. The highest BCUT2D eigenvalue weighted by molar-refractivity contribution is 6.04. The Balaban J connectivity index is 1.15. The van der Waals surface area contributed by atoms with Gasteiger partial charge in [0.2, 0.25) is 0 Å². The molecular formula is C30H36N6O. The summed E-state index contributed by atoms with van der Waals surface area (Å²) in [4.78, 5) is 28.4. The highest BCUT2D eigenvalue weighted by Crippen LogP contribution is 2.58. The molecule has 3 atom stereocenters. The summed E-state index contributed by atoms with van der Waals surface area (Å²) in [7, 11) is 0. The molecule has 3 heterocycles. The number of pyridine rings is 1. The monoisotopic (exact) mass is 496 g/mol. The molecule has 2 aliphatic carbocycles. The number of hydrogen-bond acceptors (Lipinski definition) is 5. The number of nitrogens with one attached hydrogen (secondary N) is 3. The Morgan fingerprint density at radius 2 is 1.92 bits per heavy atom. The first-order valence-corrected chi connectivity index (χ1v) is 13.6. The molecule has 1 aliphatic heterocycles. The van der Waals surface area contributed by atoms with Gasteiger partial charge in [0, 0.05) is 42.5 Å². The van der Waals surface area contributed by atoms with E-state index in [9.17, 15) is 4.79 Å². The topological polar surface area (TPSA) is 85.9 Å². The van der Waals surface area contributed by atoms with Crippen LogP contribution in [0.2, 0.25) is 0 Å².